The molecule has 5 heteroatoms. The lowest BCUT2D eigenvalue weighted by atomic mass is 10.2. The zero-order valence-corrected chi connectivity index (χ0v) is 9.26. The molecule has 0 bridgehead atoms. The van der Waals surface area contributed by atoms with Crippen molar-refractivity contribution in [3.63, 3.8) is 0 Å². The van der Waals surface area contributed by atoms with Crippen LogP contribution in [0.2, 0.25) is 0 Å². The molecule has 1 aromatic carbocycles. The van der Waals surface area contributed by atoms with Gasteiger partial charge in [-0.25, -0.2) is 8.42 Å². The fourth-order valence-electron chi connectivity index (χ4n) is 1.02. The summed E-state index contributed by atoms with van der Waals surface area (Å²) in [6.07, 6.45) is 0. The van der Waals surface area contributed by atoms with E-state index in [9.17, 15) is 13.2 Å². The number of benzene rings is 1. The number of sulfone groups is 1. The lowest BCUT2D eigenvalue weighted by Crippen LogP contribution is -2.21. The van der Waals surface area contributed by atoms with Gasteiger partial charge in [0.05, 0.1) is 4.90 Å². The number of hydrogen-bond acceptors (Lipinski definition) is 4. The van der Waals surface area contributed by atoms with Gasteiger partial charge < -0.3 is 0 Å². The smallest absolute Gasteiger partial charge is 0.226 e. The summed E-state index contributed by atoms with van der Waals surface area (Å²) >= 11 is 0. The summed E-state index contributed by atoms with van der Waals surface area (Å²) in [5, 5.41) is 6.33. The molecule has 1 rings (SSSR count). The number of hydrogen-bond donors (Lipinski definition) is 1. The lowest BCUT2D eigenvalue weighted by Gasteiger charge is -2.03. The van der Waals surface area contributed by atoms with Gasteiger partial charge in [-0.1, -0.05) is 17.7 Å². The van der Waals surface area contributed by atoms with Crippen molar-refractivity contribution in [2.24, 2.45) is 0 Å². The standard InChI is InChI=1S/C10H11NO3S/c1-7-3-5-9(6-4-7)15(13,14)10(11)8(2)12/h3-6,11H,1-2H3. The van der Waals surface area contributed by atoms with Crippen molar-refractivity contribution in [1.29, 1.82) is 5.41 Å². The Morgan fingerprint density at radius 3 is 2.07 bits per heavy atom. The summed E-state index contributed by atoms with van der Waals surface area (Å²) in [4.78, 5) is 10.8. The maximum atomic E-state index is 11.6. The number of ketones is 1. The van der Waals surface area contributed by atoms with Crippen molar-refractivity contribution in [2.75, 3.05) is 0 Å². The average Bonchev–Trinajstić information content (AvgIpc) is 2.17. The highest BCUT2D eigenvalue weighted by Gasteiger charge is 2.24. The Morgan fingerprint density at radius 2 is 1.67 bits per heavy atom. The van der Waals surface area contributed by atoms with Gasteiger partial charge in [0.25, 0.3) is 0 Å². The summed E-state index contributed by atoms with van der Waals surface area (Å²) in [6.45, 7) is 2.89. The van der Waals surface area contributed by atoms with E-state index < -0.39 is 20.7 Å². The maximum Gasteiger partial charge on any atom is 0.226 e. The molecule has 0 radical (unpaired) electrons. The van der Waals surface area contributed by atoms with Gasteiger partial charge in [-0.15, -0.1) is 0 Å². The molecule has 4 nitrogen and oxygen atoms in total. The Bertz CT molecular complexity index is 500. The second-order valence-electron chi connectivity index (χ2n) is 3.20. The zero-order valence-electron chi connectivity index (χ0n) is 8.44. The Labute approximate surface area is 88.4 Å². The van der Waals surface area contributed by atoms with Crippen molar-refractivity contribution in [2.45, 2.75) is 18.7 Å². The molecule has 0 heterocycles. The molecular formula is C10H11NO3S. The van der Waals surface area contributed by atoms with Gasteiger partial charge in [-0.05, 0) is 19.1 Å². The van der Waals surface area contributed by atoms with Gasteiger partial charge in [0.2, 0.25) is 9.84 Å². The highest BCUT2D eigenvalue weighted by molar-refractivity contribution is 8.08. The third kappa shape index (κ3) is 2.30. The van der Waals surface area contributed by atoms with Crippen LogP contribution in [0.5, 0.6) is 0 Å². The third-order valence-electron chi connectivity index (χ3n) is 1.92. The summed E-state index contributed by atoms with van der Waals surface area (Å²) in [7, 11) is -3.92. The number of Topliss-reactive ketones (excluding diaryl/α,β-unsaturated/α-hetero) is 1. The minimum atomic E-state index is -3.92. The largest absolute Gasteiger partial charge is 0.292 e. The van der Waals surface area contributed by atoms with Crippen LogP contribution in [0.3, 0.4) is 0 Å². The number of aryl methyl sites for hydroxylation is 1. The maximum absolute atomic E-state index is 11.6. The van der Waals surface area contributed by atoms with Crippen LogP contribution < -0.4 is 0 Å². The van der Waals surface area contributed by atoms with E-state index in [1.54, 1.807) is 12.1 Å². The predicted molar refractivity (Wildman–Crippen MR) is 56.8 cm³/mol. The molecule has 0 unspecified atom stereocenters. The molecule has 0 atom stereocenters. The van der Waals surface area contributed by atoms with Crippen LogP contribution in [0, 0.1) is 12.3 Å². The molecule has 1 N–H and O–H groups in total. The van der Waals surface area contributed by atoms with Crippen LogP contribution in [-0.2, 0) is 14.6 Å². The van der Waals surface area contributed by atoms with Crippen molar-refractivity contribution >= 4 is 20.7 Å². The van der Waals surface area contributed by atoms with E-state index in [0.717, 1.165) is 12.5 Å². The first kappa shape index (κ1) is 11.6. The highest BCUT2D eigenvalue weighted by atomic mass is 32.2. The number of carbonyl (C=O) groups excluding carboxylic acids is 1. The Morgan fingerprint density at radius 1 is 1.20 bits per heavy atom. The van der Waals surface area contributed by atoms with Crippen LogP contribution in [0.4, 0.5) is 0 Å². The molecule has 1 aromatic rings. The first-order chi connectivity index (χ1) is 6.85. The molecule has 0 spiro atoms. The van der Waals surface area contributed by atoms with E-state index in [1.807, 2.05) is 6.92 Å². The summed E-state index contributed by atoms with van der Waals surface area (Å²) in [6, 6.07) is 6.03. The minimum Gasteiger partial charge on any atom is -0.292 e. The van der Waals surface area contributed by atoms with Gasteiger partial charge in [-0.2, -0.15) is 0 Å². The van der Waals surface area contributed by atoms with Gasteiger partial charge >= 0.3 is 0 Å². The van der Waals surface area contributed by atoms with Crippen LogP contribution in [0.15, 0.2) is 29.2 Å². The van der Waals surface area contributed by atoms with Crippen molar-refractivity contribution in [1.82, 2.24) is 0 Å². The molecule has 0 aromatic heterocycles. The number of rotatable bonds is 2. The SMILES string of the molecule is CC(=O)C(=N)S(=O)(=O)c1ccc(C)cc1. The summed E-state index contributed by atoms with van der Waals surface area (Å²) < 4.78 is 23.3. The fourth-order valence-corrected chi connectivity index (χ4v) is 2.13. The zero-order chi connectivity index (χ0) is 11.6. The Hall–Kier alpha value is -1.49. The highest BCUT2D eigenvalue weighted by Crippen LogP contribution is 2.13. The number of nitrogens with one attached hydrogen (secondary N) is 1. The molecule has 80 valence electrons. The lowest BCUT2D eigenvalue weighted by molar-refractivity contribution is -0.110. The Kier molecular flexibility index (Phi) is 3.04. The van der Waals surface area contributed by atoms with Gasteiger partial charge in [0.1, 0.15) is 0 Å². The topological polar surface area (TPSA) is 75.1 Å². The third-order valence-corrected chi connectivity index (χ3v) is 3.64. The molecule has 15 heavy (non-hydrogen) atoms. The van der Waals surface area contributed by atoms with Crippen molar-refractivity contribution < 1.29 is 13.2 Å². The minimum absolute atomic E-state index is 0.0201. The summed E-state index contributed by atoms with van der Waals surface area (Å²) in [5.74, 6) is -0.754. The van der Waals surface area contributed by atoms with Gasteiger partial charge in [-0.3, -0.25) is 10.2 Å². The molecular weight excluding hydrogens is 214 g/mol. The first-order valence-corrected chi connectivity index (χ1v) is 5.75. The van der Waals surface area contributed by atoms with E-state index in [2.05, 4.69) is 0 Å². The molecule has 0 saturated carbocycles. The van der Waals surface area contributed by atoms with Gasteiger partial charge in [0, 0.05) is 6.92 Å². The van der Waals surface area contributed by atoms with Gasteiger partial charge in [0.15, 0.2) is 10.8 Å². The van der Waals surface area contributed by atoms with Crippen LogP contribution in [0.1, 0.15) is 12.5 Å². The van der Waals surface area contributed by atoms with Crippen molar-refractivity contribution in [3.05, 3.63) is 29.8 Å². The van der Waals surface area contributed by atoms with E-state index in [-0.39, 0.29) is 4.90 Å². The second-order valence-corrected chi connectivity index (χ2v) is 5.09. The Balaban J connectivity index is 3.24. The molecule has 0 amide bonds. The van der Waals surface area contributed by atoms with E-state index in [0.29, 0.717) is 0 Å². The molecule has 0 fully saturated rings. The fraction of sp³-hybridized carbons (Fsp3) is 0.200. The van der Waals surface area contributed by atoms with Crippen LogP contribution in [-0.4, -0.2) is 19.2 Å². The summed E-state index contributed by atoms with van der Waals surface area (Å²) in [5.41, 5.74) is 0.920. The normalized spacial score (nSPS) is 11.1. The average molecular weight is 225 g/mol. The van der Waals surface area contributed by atoms with Crippen LogP contribution in [0.25, 0.3) is 0 Å². The first-order valence-electron chi connectivity index (χ1n) is 4.27. The molecule has 0 aliphatic heterocycles. The van der Waals surface area contributed by atoms with E-state index in [4.69, 9.17) is 5.41 Å². The van der Waals surface area contributed by atoms with Crippen LogP contribution >= 0.6 is 0 Å². The molecule has 0 aliphatic rings. The quantitative estimate of drug-likeness (QED) is 0.609. The molecule has 0 saturated heterocycles. The molecule has 0 aliphatic carbocycles. The van der Waals surface area contributed by atoms with Crippen molar-refractivity contribution in [3.8, 4) is 0 Å². The van der Waals surface area contributed by atoms with E-state index in [1.165, 1.54) is 12.1 Å². The number of carbonyl (C=O) groups is 1. The second kappa shape index (κ2) is 3.94. The predicted octanol–water partition coefficient (Wildman–Crippen LogP) is 1.33. The van der Waals surface area contributed by atoms with E-state index >= 15 is 0 Å². The monoisotopic (exact) mass is 225 g/mol.